The fourth-order valence-electron chi connectivity index (χ4n) is 6.19. The molecule has 11 nitrogen and oxygen atoms in total. The number of amides is 1. The number of esters is 1. The van der Waals surface area contributed by atoms with Crippen molar-refractivity contribution in [2.75, 3.05) is 6.79 Å². The van der Waals surface area contributed by atoms with Crippen LogP contribution in [0.3, 0.4) is 0 Å². The van der Waals surface area contributed by atoms with Gasteiger partial charge >= 0.3 is 35.5 Å². The molecule has 0 radical (unpaired) electrons. The number of hydrogen-bond donors (Lipinski definition) is 1. The Bertz CT molecular complexity index is 2170. The maximum atomic E-state index is 14.5. The van der Waals surface area contributed by atoms with Crippen LogP contribution in [0.2, 0.25) is 0 Å². The molecule has 2 heterocycles. The molecule has 0 bridgehead atoms. The van der Waals surface area contributed by atoms with Gasteiger partial charge in [-0.15, -0.1) is 0 Å². The minimum Gasteiger partial charge on any atom is -0.550 e. The molecule has 6 rings (SSSR count). The number of aliphatic hydroxyl groups is 1. The predicted molar refractivity (Wildman–Crippen MR) is 192 cm³/mol. The fourth-order valence-corrected chi connectivity index (χ4v) is 6.19. The van der Waals surface area contributed by atoms with Gasteiger partial charge < -0.3 is 38.5 Å². The van der Waals surface area contributed by atoms with Crippen LogP contribution < -0.4 is 44.1 Å². The first-order valence-corrected chi connectivity index (χ1v) is 16.9. The first-order chi connectivity index (χ1) is 24.9. The topological polar surface area (TPSA) is 151 Å². The number of carboxylic acids is 1. The molecule has 0 spiro atoms. The van der Waals surface area contributed by atoms with Gasteiger partial charge in [-0.2, -0.15) is 0 Å². The van der Waals surface area contributed by atoms with E-state index in [-0.39, 0.29) is 42.9 Å². The summed E-state index contributed by atoms with van der Waals surface area (Å²) in [7, 11) is 0. The summed E-state index contributed by atoms with van der Waals surface area (Å²) in [4.78, 5) is 45.4. The Morgan fingerprint density at radius 1 is 0.962 bits per heavy atom. The van der Waals surface area contributed by atoms with Crippen molar-refractivity contribution in [3.05, 3.63) is 119 Å². The molecule has 0 aliphatic carbocycles. The number of hydrogen-bond acceptors (Lipinski definition) is 10. The number of ether oxygens (including phenoxy) is 3. The van der Waals surface area contributed by atoms with Crippen LogP contribution in [0.4, 0.5) is 0 Å². The number of carbonyl (C=O) groups excluding carboxylic acids is 3. The van der Waals surface area contributed by atoms with Gasteiger partial charge in [0.15, 0.2) is 22.8 Å². The third-order valence-electron chi connectivity index (χ3n) is 8.74. The van der Waals surface area contributed by atoms with Crippen molar-refractivity contribution in [2.24, 2.45) is 0 Å². The van der Waals surface area contributed by atoms with Gasteiger partial charge in [0.1, 0.15) is 11.1 Å². The number of rotatable bonds is 12. The molecule has 2 atom stereocenters. The molecular weight excluding hydrogens is 687 g/mol. The van der Waals surface area contributed by atoms with E-state index < -0.39 is 53.2 Å². The quantitative estimate of drug-likeness (QED) is 0.0874. The van der Waals surface area contributed by atoms with Crippen LogP contribution in [0.25, 0.3) is 27.9 Å². The summed E-state index contributed by atoms with van der Waals surface area (Å²) in [6.07, 6.45) is 3.01. The van der Waals surface area contributed by atoms with E-state index in [1.165, 1.54) is 4.90 Å². The van der Waals surface area contributed by atoms with Gasteiger partial charge in [0, 0.05) is 30.9 Å². The van der Waals surface area contributed by atoms with Gasteiger partial charge in [-0.1, -0.05) is 60.7 Å². The molecule has 5 aromatic rings. The van der Waals surface area contributed by atoms with Gasteiger partial charge in [0.25, 0.3) is 5.91 Å². The molecule has 0 saturated carbocycles. The van der Waals surface area contributed by atoms with E-state index in [0.717, 1.165) is 27.4 Å². The van der Waals surface area contributed by atoms with E-state index in [0.29, 0.717) is 29.4 Å². The van der Waals surface area contributed by atoms with Crippen LogP contribution in [0.1, 0.15) is 63.5 Å². The van der Waals surface area contributed by atoms with Crippen LogP contribution in [0.5, 0.6) is 11.5 Å². The Morgan fingerprint density at radius 2 is 1.68 bits per heavy atom. The normalized spacial score (nSPS) is 14.0. The number of carboxylic acid groups (broad SMARTS) is 1. The molecular formula is C41H39N2NaO9. The fraction of sp³-hybridized carbons (Fsp3) is 0.268. The Balaban J connectivity index is 0.00000541. The SMILES string of the molecule is C[C@H]([C@H](C/C=C/c1nc2ccccc2o1)c1ccc2c(c1)OCO2)N(Cc1ccc2ccccc2c1)C(=O)C(O)=C(CC(=O)[O-])C(=O)OC(C)(C)C.[Na+]. The number of para-hydroxylation sites is 2. The number of oxazole rings is 1. The van der Waals surface area contributed by atoms with Gasteiger partial charge in [0.2, 0.25) is 12.7 Å². The third kappa shape index (κ3) is 9.47. The molecule has 4 aromatic carbocycles. The summed E-state index contributed by atoms with van der Waals surface area (Å²) in [5.74, 6) is -3.63. The van der Waals surface area contributed by atoms with Crippen LogP contribution in [0, 0.1) is 0 Å². The zero-order chi connectivity index (χ0) is 37.0. The van der Waals surface area contributed by atoms with Crippen molar-refractivity contribution in [2.45, 2.75) is 64.6 Å². The number of nitrogens with zero attached hydrogens (tertiary/aromatic N) is 2. The second-order valence-electron chi connectivity index (χ2n) is 13.6. The standard InChI is InChI=1S/C41H40N2O9.Na/c1-25(30(29-18-19-34-35(21-29)50-24-49-34)12-9-15-36-42-32-13-7-8-14-33(32)51-36)43(23-26-16-17-27-10-5-6-11-28(27)20-26)39(47)38(46)31(22-37(44)45)40(48)52-41(2,3)4;/h5-11,13-21,25,30,46H,12,22-24H2,1-4H3,(H,44,45);/q;+1/p-1/b15-9+,38-31?;/t25-,30+;/m1./s1. The maximum Gasteiger partial charge on any atom is 1.00 e. The van der Waals surface area contributed by atoms with E-state index in [2.05, 4.69) is 4.98 Å². The molecule has 268 valence electrons. The summed E-state index contributed by atoms with van der Waals surface area (Å²) in [6.45, 7) is 6.71. The van der Waals surface area contributed by atoms with Gasteiger partial charge in [-0.3, -0.25) is 4.79 Å². The van der Waals surface area contributed by atoms with Crippen LogP contribution in [0.15, 0.2) is 107 Å². The monoisotopic (exact) mass is 726 g/mol. The molecule has 12 heteroatoms. The zero-order valence-electron chi connectivity index (χ0n) is 30.3. The molecule has 1 aromatic heterocycles. The molecule has 0 fully saturated rings. The summed E-state index contributed by atoms with van der Waals surface area (Å²) >= 11 is 0. The van der Waals surface area contributed by atoms with Crippen LogP contribution in [-0.4, -0.2) is 51.3 Å². The summed E-state index contributed by atoms with van der Waals surface area (Å²) < 4.78 is 22.5. The average molecular weight is 727 g/mol. The molecule has 53 heavy (non-hydrogen) atoms. The minimum atomic E-state index is -1.66. The number of benzene rings is 4. The first kappa shape index (κ1) is 39.1. The van der Waals surface area contributed by atoms with E-state index in [4.69, 9.17) is 18.6 Å². The number of carbonyl (C=O) groups is 3. The molecule has 1 aliphatic heterocycles. The number of aliphatic hydroxyl groups excluding tert-OH is 1. The Morgan fingerprint density at radius 3 is 2.42 bits per heavy atom. The molecule has 1 amide bonds. The second-order valence-corrected chi connectivity index (χ2v) is 13.6. The van der Waals surface area contributed by atoms with Gasteiger partial charge in [-0.05, 0) is 92.4 Å². The third-order valence-corrected chi connectivity index (χ3v) is 8.74. The van der Waals surface area contributed by atoms with Crippen LogP contribution >= 0.6 is 0 Å². The van der Waals surface area contributed by atoms with Crippen molar-refractivity contribution < 1.29 is 72.8 Å². The Hall–Kier alpha value is -5.10. The van der Waals surface area contributed by atoms with E-state index in [1.807, 2.05) is 91.9 Å². The van der Waals surface area contributed by atoms with Crippen LogP contribution in [-0.2, 0) is 25.7 Å². The number of fused-ring (bicyclic) bond motifs is 3. The Labute approximate surface area is 329 Å². The predicted octanol–water partition coefficient (Wildman–Crippen LogP) is 3.61. The largest absolute Gasteiger partial charge is 1.00 e. The molecule has 0 saturated heterocycles. The van der Waals surface area contributed by atoms with E-state index in [1.54, 1.807) is 32.9 Å². The maximum absolute atomic E-state index is 14.5. The summed E-state index contributed by atoms with van der Waals surface area (Å²) in [6, 6.07) is 25.9. The molecule has 1 N–H and O–H groups in total. The number of aliphatic carboxylic acids is 1. The summed E-state index contributed by atoms with van der Waals surface area (Å²) in [5.41, 5.74) is 1.19. The molecule has 1 aliphatic rings. The Kier molecular flexibility index (Phi) is 12.3. The summed E-state index contributed by atoms with van der Waals surface area (Å²) in [5, 5.41) is 25.2. The van der Waals surface area contributed by atoms with Crippen molar-refractivity contribution >= 4 is 45.8 Å². The van der Waals surface area contributed by atoms with E-state index >= 15 is 0 Å². The number of allylic oxidation sites excluding steroid dienone is 1. The average Bonchev–Trinajstić information content (AvgIpc) is 3.76. The van der Waals surface area contributed by atoms with Crippen molar-refractivity contribution in [3.63, 3.8) is 0 Å². The van der Waals surface area contributed by atoms with Crippen molar-refractivity contribution in [3.8, 4) is 11.5 Å². The minimum absolute atomic E-state index is 0. The zero-order valence-corrected chi connectivity index (χ0v) is 32.3. The van der Waals surface area contributed by atoms with Crippen molar-refractivity contribution in [1.29, 1.82) is 0 Å². The van der Waals surface area contributed by atoms with Gasteiger partial charge in [0.05, 0.1) is 5.57 Å². The smallest absolute Gasteiger partial charge is 0.550 e. The first-order valence-electron chi connectivity index (χ1n) is 16.9. The van der Waals surface area contributed by atoms with Crippen molar-refractivity contribution in [1.82, 2.24) is 9.88 Å². The van der Waals surface area contributed by atoms with Gasteiger partial charge in [-0.25, -0.2) is 9.78 Å². The van der Waals surface area contributed by atoms with E-state index in [9.17, 15) is 24.6 Å². The molecule has 0 unspecified atom stereocenters. The second kappa shape index (κ2) is 16.7. The number of aromatic nitrogens is 1.